The molecular formula is C22H21N5O. The molecule has 0 saturated carbocycles. The summed E-state index contributed by atoms with van der Waals surface area (Å²) in [4.78, 5) is 21.4. The van der Waals surface area contributed by atoms with Crippen LogP contribution in [0.25, 0.3) is 5.65 Å². The largest absolute Gasteiger partial charge is 0.348 e. The van der Waals surface area contributed by atoms with E-state index in [0.29, 0.717) is 17.8 Å². The van der Waals surface area contributed by atoms with Crippen molar-refractivity contribution in [1.29, 1.82) is 0 Å². The molecule has 0 spiro atoms. The Morgan fingerprint density at radius 1 is 1.04 bits per heavy atom. The second-order valence-corrected chi connectivity index (χ2v) is 6.76. The van der Waals surface area contributed by atoms with E-state index in [4.69, 9.17) is 4.98 Å². The first-order chi connectivity index (χ1) is 13.6. The first kappa shape index (κ1) is 17.9. The van der Waals surface area contributed by atoms with Crippen molar-refractivity contribution in [2.24, 2.45) is 0 Å². The van der Waals surface area contributed by atoms with E-state index >= 15 is 0 Å². The van der Waals surface area contributed by atoms with Crippen LogP contribution < -0.4 is 5.32 Å². The van der Waals surface area contributed by atoms with Crippen LogP contribution in [0.15, 0.2) is 61.1 Å². The SMILES string of the molecule is Cc1nc2c(C(=O)NCc3cccnc3)cnn2c(C)c1Cc1ccccc1. The van der Waals surface area contributed by atoms with E-state index in [1.54, 1.807) is 23.1 Å². The number of amides is 1. The number of fused-ring (bicyclic) bond motifs is 1. The summed E-state index contributed by atoms with van der Waals surface area (Å²) in [7, 11) is 0. The zero-order valence-electron chi connectivity index (χ0n) is 15.9. The van der Waals surface area contributed by atoms with Gasteiger partial charge in [-0.05, 0) is 36.6 Å². The summed E-state index contributed by atoms with van der Waals surface area (Å²) in [6.45, 7) is 4.41. The molecule has 0 radical (unpaired) electrons. The predicted molar refractivity (Wildman–Crippen MR) is 107 cm³/mol. The zero-order chi connectivity index (χ0) is 19.5. The van der Waals surface area contributed by atoms with Crippen LogP contribution in [0.3, 0.4) is 0 Å². The second kappa shape index (κ2) is 7.60. The van der Waals surface area contributed by atoms with Gasteiger partial charge in [0.05, 0.1) is 6.20 Å². The minimum Gasteiger partial charge on any atom is -0.348 e. The van der Waals surface area contributed by atoms with Crippen molar-refractivity contribution < 1.29 is 4.79 Å². The van der Waals surface area contributed by atoms with E-state index in [0.717, 1.165) is 28.9 Å². The Morgan fingerprint density at radius 3 is 2.57 bits per heavy atom. The number of carbonyl (C=O) groups excluding carboxylic acids is 1. The van der Waals surface area contributed by atoms with Crippen LogP contribution in [0.4, 0.5) is 0 Å². The van der Waals surface area contributed by atoms with E-state index in [9.17, 15) is 4.79 Å². The summed E-state index contributed by atoms with van der Waals surface area (Å²) in [5, 5.41) is 7.33. The quantitative estimate of drug-likeness (QED) is 0.584. The lowest BCUT2D eigenvalue weighted by molar-refractivity contribution is 0.0952. The molecule has 3 aromatic heterocycles. The van der Waals surface area contributed by atoms with Gasteiger partial charge in [-0.1, -0.05) is 36.4 Å². The smallest absolute Gasteiger partial charge is 0.257 e. The minimum atomic E-state index is -0.194. The van der Waals surface area contributed by atoms with Crippen LogP contribution in [0.1, 0.15) is 38.4 Å². The van der Waals surface area contributed by atoms with Crippen LogP contribution >= 0.6 is 0 Å². The zero-order valence-corrected chi connectivity index (χ0v) is 15.9. The maximum Gasteiger partial charge on any atom is 0.257 e. The van der Waals surface area contributed by atoms with Gasteiger partial charge >= 0.3 is 0 Å². The molecule has 140 valence electrons. The monoisotopic (exact) mass is 371 g/mol. The normalized spacial score (nSPS) is 10.9. The van der Waals surface area contributed by atoms with Crippen molar-refractivity contribution in [2.45, 2.75) is 26.8 Å². The lowest BCUT2D eigenvalue weighted by Gasteiger charge is -2.12. The fourth-order valence-electron chi connectivity index (χ4n) is 3.31. The molecule has 3 heterocycles. The number of nitrogens with zero attached hydrogens (tertiary/aromatic N) is 4. The maximum absolute atomic E-state index is 12.7. The highest BCUT2D eigenvalue weighted by Crippen LogP contribution is 2.20. The Hall–Kier alpha value is -3.54. The highest BCUT2D eigenvalue weighted by molar-refractivity contribution is 5.99. The van der Waals surface area contributed by atoms with Crippen LogP contribution in [0, 0.1) is 13.8 Å². The summed E-state index contributed by atoms with van der Waals surface area (Å²) in [5.74, 6) is -0.194. The Balaban J connectivity index is 1.62. The number of aromatic nitrogens is 4. The molecule has 6 heteroatoms. The number of nitrogens with one attached hydrogen (secondary N) is 1. The highest BCUT2D eigenvalue weighted by Gasteiger charge is 2.18. The average molecular weight is 371 g/mol. The molecule has 6 nitrogen and oxygen atoms in total. The van der Waals surface area contributed by atoms with Crippen molar-refractivity contribution in [3.8, 4) is 0 Å². The van der Waals surface area contributed by atoms with Crippen molar-refractivity contribution in [2.75, 3.05) is 0 Å². The fourth-order valence-corrected chi connectivity index (χ4v) is 3.31. The van der Waals surface area contributed by atoms with Gasteiger partial charge in [0.15, 0.2) is 5.65 Å². The molecule has 0 atom stereocenters. The van der Waals surface area contributed by atoms with Crippen molar-refractivity contribution in [3.05, 3.63) is 94.7 Å². The number of aryl methyl sites for hydroxylation is 2. The van der Waals surface area contributed by atoms with E-state index < -0.39 is 0 Å². The van der Waals surface area contributed by atoms with E-state index in [2.05, 4.69) is 27.5 Å². The number of pyridine rings is 1. The molecule has 0 aliphatic carbocycles. The first-order valence-electron chi connectivity index (χ1n) is 9.18. The Labute approximate surface area is 163 Å². The third-order valence-corrected chi connectivity index (χ3v) is 4.85. The molecule has 0 saturated heterocycles. The Morgan fingerprint density at radius 2 is 1.82 bits per heavy atom. The molecule has 4 rings (SSSR count). The van der Waals surface area contributed by atoms with Crippen LogP contribution in [0.2, 0.25) is 0 Å². The topological polar surface area (TPSA) is 72.2 Å². The average Bonchev–Trinajstić information content (AvgIpc) is 3.15. The van der Waals surface area contributed by atoms with Gasteiger partial charge < -0.3 is 5.32 Å². The minimum absolute atomic E-state index is 0.194. The molecule has 0 aliphatic heterocycles. The number of carbonyl (C=O) groups is 1. The maximum atomic E-state index is 12.7. The molecule has 0 aliphatic rings. The van der Waals surface area contributed by atoms with E-state index in [-0.39, 0.29) is 5.91 Å². The molecule has 1 amide bonds. The predicted octanol–water partition coefficient (Wildman–Crippen LogP) is 3.26. The lowest BCUT2D eigenvalue weighted by atomic mass is 10.0. The summed E-state index contributed by atoms with van der Waals surface area (Å²) in [6, 6.07) is 14.0. The number of hydrogen-bond acceptors (Lipinski definition) is 4. The fraction of sp³-hybridized carbons (Fsp3) is 0.182. The van der Waals surface area contributed by atoms with Gasteiger partial charge in [-0.3, -0.25) is 9.78 Å². The van der Waals surface area contributed by atoms with Gasteiger partial charge in [-0.2, -0.15) is 5.10 Å². The van der Waals surface area contributed by atoms with Crippen molar-refractivity contribution >= 4 is 11.6 Å². The summed E-state index contributed by atoms with van der Waals surface area (Å²) in [6.07, 6.45) is 5.81. The molecular weight excluding hydrogens is 350 g/mol. The lowest BCUT2D eigenvalue weighted by Crippen LogP contribution is -2.23. The van der Waals surface area contributed by atoms with E-state index in [1.165, 1.54) is 5.56 Å². The van der Waals surface area contributed by atoms with Crippen LogP contribution in [-0.4, -0.2) is 25.5 Å². The van der Waals surface area contributed by atoms with Gasteiger partial charge in [0.2, 0.25) is 0 Å². The number of benzene rings is 1. The van der Waals surface area contributed by atoms with Crippen LogP contribution in [-0.2, 0) is 13.0 Å². The molecule has 0 bridgehead atoms. The van der Waals surface area contributed by atoms with Gasteiger partial charge in [-0.15, -0.1) is 0 Å². The molecule has 0 unspecified atom stereocenters. The third kappa shape index (κ3) is 3.49. The highest BCUT2D eigenvalue weighted by atomic mass is 16.1. The van der Waals surface area contributed by atoms with Gasteiger partial charge in [0, 0.05) is 36.7 Å². The van der Waals surface area contributed by atoms with Crippen molar-refractivity contribution in [1.82, 2.24) is 24.9 Å². The Kier molecular flexibility index (Phi) is 4.85. The standard InChI is InChI=1S/C22H21N5O/c1-15-19(11-17-7-4-3-5-8-17)16(2)27-21(26-15)20(14-25-27)22(28)24-13-18-9-6-10-23-12-18/h3-10,12,14H,11,13H2,1-2H3,(H,24,28). The first-order valence-corrected chi connectivity index (χ1v) is 9.18. The third-order valence-electron chi connectivity index (χ3n) is 4.85. The number of rotatable bonds is 5. The Bertz CT molecular complexity index is 1120. The molecule has 4 aromatic rings. The van der Waals surface area contributed by atoms with E-state index in [1.807, 2.05) is 44.2 Å². The molecule has 1 aromatic carbocycles. The van der Waals surface area contributed by atoms with Crippen molar-refractivity contribution in [3.63, 3.8) is 0 Å². The summed E-state index contributed by atoms with van der Waals surface area (Å²) >= 11 is 0. The molecule has 28 heavy (non-hydrogen) atoms. The van der Waals surface area contributed by atoms with Gasteiger partial charge in [-0.25, -0.2) is 9.50 Å². The second-order valence-electron chi connectivity index (χ2n) is 6.76. The van der Waals surface area contributed by atoms with Gasteiger partial charge in [0.1, 0.15) is 5.56 Å². The molecule has 0 fully saturated rings. The number of hydrogen-bond donors (Lipinski definition) is 1. The van der Waals surface area contributed by atoms with Gasteiger partial charge in [0.25, 0.3) is 5.91 Å². The summed E-state index contributed by atoms with van der Waals surface area (Å²) < 4.78 is 1.75. The van der Waals surface area contributed by atoms with Crippen LogP contribution in [0.5, 0.6) is 0 Å². The molecule has 1 N–H and O–H groups in total. The summed E-state index contributed by atoms with van der Waals surface area (Å²) in [5.41, 5.74) is 6.25.